The molecule has 0 bridgehead atoms. The van der Waals surface area contributed by atoms with Gasteiger partial charge in [0.2, 0.25) is 0 Å². The van der Waals surface area contributed by atoms with Crippen molar-refractivity contribution >= 4 is 35.0 Å². The van der Waals surface area contributed by atoms with Gasteiger partial charge in [-0.15, -0.1) is 0 Å². The number of halogens is 1. The summed E-state index contributed by atoms with van der Waals surface area (Å²) in [5.74, 6) is 1.07. The third-order valence-corrected chi connectivity index (χ3v) is 3.82. The van der Waals surface area contributed by atoms with Crippen LogP contribution >= 0.6 is 23.4 Å². The highest BCUT2D eigenvalue weighted by Crippen LogP contribution is 2.25. The molecule has 0 amide bonds. The van der Waals surface area contributed by atoms with Crippen molar-refractivity contribution in [1.29, 1.82) is 0 Å². The van der Waals surface area contributed by atoms with Crippen LogP contribution in [0.5, 0.6) is 5.75 Å². The summed E-state index contributed by atoms with van der Waals surface area (Å²) in [5.41, 5.74) is 1.35. The highest BCUT2D eigenvalue weighted by atomic mass is 35.5. The first-order valence-corrected chi connectivity index (χ1v) is 8.14. The van der Waals surface area contributed by atoms with Crippen molar-refractivity contribution in [2.24, 2.45) is 0 Å². The number of anilines is 1. The fourth-order valence-electron chi connectivity index (χ4n) is 1.87. The number of thioether (sulfide) groups is 1. The molecule has 0 aliphatic carbocycles. The number of nitrogens with one attached hydrogen (secondary N) is 1. The second-order valence-corrected chi connectivity index (χ2v) is 5.61. The summed E-state index contributed by atoms with van der Waals surface area (Å²) >= 11 is 7.46. The first-order valence-electron chi connectivity index (χ1n) is 6.54. The number of rotatable bonds is 6. The van der Waals surface area contributed by atoms with E-state index < -0.39 is 0 Å². The molecule has 0 saturated heterocycles. The van der Waals surface area contributed by atoms with Gasteiger partial charge in [0.15, 0.2) is 10.9 Å². The summed E-state index contributed by atoms with van der Waals surface area (Å²) in [4.78, 5) is 20.2. The quantitative estimate of drug-likeness (QED) is 0.375. The monoisotopic (exact) mass is 337 g/mol. The molecule has 0 radical (unpaired) electrons. The van der Waals surface area contributed by atoms with Gasteiger partial charge in [-0.3, -0.25) is 4.79 Å². The Morgan fingerprint density at radius 3 is 2.55 bits per heavy atom. The van der Waals surface area contributed by atoms with Gasteiger partial charge in [-0.2, -0.15) is 0 Å². The van der Waals surface area contributed by atoms with Crippen LogP contribution in [-0.4, -0.2) is 29.1 Å². The zero-order valence-electron chi connectivity index (χ0n) is 12.5. The molecule has 1 aromatic heterocycles. The first kappa shape index (κ1) is 16.6. The zero-order valence-corrected chi connectivity index (χ0v) is 14.1. The predicted molar refractivity (Wildman–Crippen MR) is 89.1 cm³/mol. The van der Waals surface area contributed by atoms with Gasteiger partial charge >= 0.3 is 0 Å². The fourth-order valence-corrected chi connectivity index (χ4v) is 2.59. The number of benzene rings is 1. The van der Waals surface area contributed by atoms with Crippen molar-refractivity contribution in [3.63, 3.8) is 0 Å². The predicted octanol–water partition coefficient (Wildman–Crippen LogP) is 3.68. The van der Waals surface area contributed by atoms with Crippen LogP contribution in [0.4, 0.5) is 5.82 Å². The van der Waals surface area contributed by atoms with Crippen molar-refractivity contribution in [1.82, 2.24) is 9.97 Å². The topological polar surface area (TPSA) is 64.1 Å². The molecule has 0 spiro atoms. The maximum Gasteiger partial charge on any atom is 0.190 e. The molecule has 2 rings (SSSR count). The van der Waals surface area contributed by atoms with Crippen molar-refractivity contribution in [3.8, 4) is 5.75 Å². The summed E-state index contributed by atoms with van der Waals surface area (Å²) < 4.78 is 5.12. The summed E-state index contributed by atoms with van der Waals surface area (Å²) in [5, 5.41) is 3.84. The lowest BCUT2D eigenvalue weighted by Gasteiger charge is -2.12. The number of carbonyl (C=O) groups is 1. The van der Waals surface area contributed by atoms with E-state index in [0.29, 0.717) is 23.1 Å². The van der Waals surface area contributed by atoms with E-state index in [-0.39, 0.29) is 10.9 Å². The molecule has 0 aliphatic heterocycles. The normalized spacial score (nSPS) is 10.4. The van der Waals surface area contributed by atoms with Gasteiger partial charge in [0.25, 0.3) is 0 Å². The summed E-state index contributed by atoms with van der Waals surface area (Å²) in [6, 6.07) is 7.64. The van der Waals surface area contributed by atoms with Gasteiger partial charge in [-0.25, -0.2) is 9.97 Å². The number of methoxy groups -OCH3 is 1. The van der Waals surface area contributed by atoms with Crippen LogP contribution in [0, 0.1) is 0 Å². The minimum atomic E-state index is -0.171. The van der Waals surface area contributed by atoms with Gasteiger partial charge in [-0.05, 0) is 30.9 Å². The van der Waals surface area contributed by atoms with E-state index >= 15 is 0 Å². The van der Waals surface area contributed by atoms with E-state index in [1.807, 2.05) is 30.5 Å². The van der Waals surface area contributed by atoms with E-state index in [2.05, 4.69) is 15.3 Å². The molecule has 22 heavy (non-hydrogen) atoms. The molecule has 116 valence electrons. The molecule has 0 fully saturated rings. The van der Waals surface area contributed by atoms with E-state index in [1.54, 1.807) is 7.11 Å². The van der Waals surface area contributed by atoms with Crippen LogP contribution in [0.15, 0.2) is 29.4 Å². The summed E-state index contributed by atoms with van der Waals surface area (Å²) in [7, 11) is 1.62. The Hall–Kier alpha value is -1.79. The lowest BCUT2D eigenvalue weighted by atomic mass is 10.2. The molecule has 7 heteroatoms. The van der Waals surface area contributed by atoms with Gasteiger partial charge in [0.05, 0.1) is 12.7 Å². The van der Waals surface area contributed by atoms with Crippen LogP contribution < -0.4 is 10.1 Å². The van der Waals surface area contributed by atoms with E-state index in [9.17, 15) is 4.79 Å². The van der Waals surface area contributed by atoms with Crippen molar-refractivity contribution in [2.75, 3.05) is 18.7 Å². The van der Waals surface area contributed by atoms with Crippen molar-refractivity contribution in [2.45, 2.75) is 18.6 Å². The van der Waals surface area contributed by atoms with E-state index in [0.717, 1.165) is 11.3 Å². The SMILES string of the molecule is COc1ccc(CNc2nc(SC)nc(Cl)c2C(C)=O)cc1. The van der Waals surface area contributed by atoms with Crippen molar-refractivity contribution < 1.29 is 9.53 Å². The number of ether oxygens (including phenoxy) is 1. The van der Waals surface area contributed by atoms with Crippen LogP contribution in [0.3, 0.4) is 0 Å². The van der Waals surface area contributed by atoms with Gasteiger partial charge in [0, 0.05) is 6.54 Å². The standard InChI is InChI=1S/C15H16ClN3O2S/c1-9(20)12-13(16)18-15(22-3)19-14(12)17-8-10-4-6-11(21-2)7-5-10/h4-7H,8H2,1-3H3,(H,17,18,19). The Balaban J connectivity index is 2.23. The maximum atomic E-state index is 11.8. The molecule has 5 nitrogen and oxygen atoms in total. The van der Waals surface area contributed by atoms with Crippen LogP contribution in [0.1, 0.15) is 22.8 Å². The van der Waals surface area contributed by atoms with Crippen LogP contribution in [0.2, 0.25) is 5.15 Å². The Labute approximate surface area is 138 Å². The molecular formula is C15H16ClN3O2S. The lowest BCUT2D eigenvalue weighted by molar-refractivity contribution is 0.101. The summed E-state index contributed by atoms with van der Waals surface area (Å²) in [6.45, 7) is 1.97. The Morgan fingerprint density at radius 1 is 1.32 bits per heavy atom. The average molecular weight is 338 g/mol. The second-order valence-electron chi connectivity index (χ2n) is 4.48. The highest BCUT2D eigenvalue weighted by molar-refractivity contribution is 7.98. The Bertz CT molecular complexity index is 677. The molecule has 0 atom stereocenters. The molecule has 1 aromatic carbocycles. The third-order valence-electron chi connectivity index (χ3n) is 3.00. The van der Waals surface area contributed by atoms with E-state index in [1.165, 1.54) is 18.7 Å². The van der Waals surface area contributed by atoms with Crippen molar-refractivity contribution in [3.05, 3.63) is 40.5 Å². The minimum absolute atomic E-state index is 0.170. The fraction of sp³-hybridized carbons (Fsp3) is 0.267. The molecule has 0 unspecified atom stereocenters. The smallest absolute Gasteiger partial charge is 0.190 e. The number of nitrogens with zero attached hydrogens (tertiary/aromatic N) is 2. The van der Waals surface area contributed by atoms with Gasteiger partial charge in [-0.1, -0.05) is 35.5 Å². The molecular weight excluding hydrogens is 322 g/mol. The number of carbonyl (C=O) groups excluding carboxylic acids is 1. The van der Waals surface area contributed by atoms with E-state index in [4.69, 9.17) is 16.3 Å². The Kier molecular flexibility index (Phi) is 5.63. The largest absolute Gasteiger partial charge is 0.497 e. The third kappa shape index (κ3) is 3.90. The molecule has 0 saturated carbocycles. The molecule has 0 aliphatic rings. The number of hydrogen-bond donors (Lipinski definition) is 1. The molecule has 1 heterocycles. The number of hydrogen-bond acceptors (Lipinski definition) is 6. The number of aromatic nitrogens is 2. The van der Waals surface area contributed by atoms with Crippen LogP contribution in [0.25, 0.3) is 0 Å². The minimum Gasteiger partial charge on any atom is -0.497 e. The van der Waals surface area contributed by atoms with Gasteiger partial charge < -0.3 is 10.1 Å². The zero-order chi connectivity index (χ0) is 16.1. The molecule has 1 N–H and O–H groups in total. The van der Waals surface area contributed by atoms with Gasteiger partial charge in [0.1, 0.15) is 16.7 Å². The highest BCUT2D eigenvalue weighted by Gasteiger charge is 2.16. The number of Topliss-reactive ketones (excluding diaryl/α,β-unsaturated/α-hetero) is 1. The lowest BCUT2D eigenvalue weighted by Crippen LogP contribution is -2.10. The maximum absolute atomic E-state index is 11.8. The summed E-state index contributed by atoms with van der Waals surface area (Å²) in [6.07, 6.45) is 1.85. The first-order chi connectivity index (χ1) is 10.5. The Morgan fingerprint density at radius 2 is 2.00 bits per heavy atom. The number of ketones is 1. The molecule has 2 aromatic rings. The van der Waals surface area contributed by atoms with Crippen LogP contribution in [-0.2, 0) is 6.54 Å². The second kappa shape index (κ2) is 7.47. The average Bonchev–Trinajstić information content (AvgIpc) is 2.52.